The van der Waals surface area contributed by atoms with Gasteiger partial charge in [0.05, 0.1) is 18.0 Å². The van der Waals surface area contributed by atoms with Gasteiger partial charge in [0.2, 0.25) is 5.88 Å². The molecule has 6 heteroatoms. The molecule has 1 saturated carbocycles. The van der Waals surface area contributed by atoms with E-state index >= 15 is 0 Å². The lowest BCUT2D eigenvalue weighted by Crippen LogP contribution is -2.35. The van der Waals surface area contributed by atoms with Crippen LogP contribution in [0.25, 0.3) is 0 Å². The van der Waals surface area contributed by atoms with Crippen LogP contribution in [0.15, 0.2) is 22.7 Å². The summed E-state index contributed by atoms with van der Waals surface area (Å²) in [6.07, 6.45) is 4.79. The molecule has 2 aromatic heterocycles. The predicted octanol–water partition coefficient (Wildman–Crippen LogP) is 2.94. The Labute approximate surface area is 142 Å². The molecule has 3 heterocycles. The summed E-state index contributed by atoms with van der Waals surface area (Å²) < 4.78 is 11.0. The van der Waals surface area contributed by atoms with E-state index in [1.165, 1.54) is 12.8 Å². The van der Waals surface area contributed by atoms with E-state index < -0.39 is 0 Å². The van der Waals surface area contributed by atoms with Crippen molar-refractivity contribution in [2.24, 2.45) is 5.92 Å². The summed E-state index contributed by atoms with van der Waals surface area (Å²) in [4.78, 5) is 2.43. The highest BCUT2D eigenvalue weighted by Gasteiger charge is 2.25. The first kappa shape index (κ1) is 15.6. The third-order valence-electron chi connectivity index (χ3n) is 4.89. The molecule has 0 spiro atoms. The molecule has 0 N–H and O–H groups in total. The molecule has 2 aliphatic rings. The van der Waals surface area contributed by atoms with Crippen LogP contribution in [0, 0.1) is 12.8 Å². The highest BCUT2D eigenvalue weighted by Crippen LogP contribution is 2.38. The Kier molecular flexibility index (Phi) is 4.47. The van der Waals surface area contributed by atoms with Gasteiger partial charge in [-0.15, -0.1) is 5.10 Å². The highest BCUT2D eigenvalue weighted by molar-refractivity contribution is 5.17. The fraction of sp³-hybridized carbons (Fsp3) is 0.611. The largest absolute Gasteiger partial charge is 0.476 e. The van der Waals surface area contributed by atoms with E-state index in [0.717, 1.165) is 56.2 Å². The fourth-order valence-electron chi connectivity index (χ4n) is 3.24. The Morgan fingerprint density at radius 2 is 2.00 bits per heavy atom. The average Bonchev–Trinajstić information content (AvgIpc) is 3.38. The van der Waals surface area contributed by atoms with E-state index in [1.54, 1.807) is 0 Å². The van der Waals surface area contributed by atoms with Crippen molar-refractivity contribution in [3.63, 3.8) is 0 Å². The number of rotatable bonds is 6. The molecule has 2 fully saturated rings. The molecular formula is C18H24N4O2. The number of hydrogen-bond donors (Lipinski definition) is 0. The van der Waals surface area contributed by atoms with Crippen LogP contribution in [-0.4, -0.2) is 40.0 Å². The molecule has 0 atom stereocenters. The van der Waals surface area contributed by atoms with Crippen molar-refractivity contribution in [3.05, 3.63) is 35.3 Å². The highest BCUT2D eigenvalue weighted by atomic mass is 16.5. The summed E-state index contributed by atoms with van der Waals surface area (Å²) in [5, 5.41) is 12.5. The summed E-state index contributed by atoms with van der Waals surface area (Å²) in [5.74, 6) is 2.76. The van der Waals surface area contributed by atoms with E-state index in [2.05, 4.69) is 26.3 Å². The van der Waals surface area contributed by atoms with Crippen molar-refractivity contribution < 1.29 is 9.26 Å². The van der Waals surface area contributed by atoms with E-state index in [1.807, 2.05) is 19.1 Å². The van der Waals surface area contributed by atoms with E-state index in [0.29, 0.717) is 17.7 Å². The number of likely N-dealkylation sites (tertiary alicyclic amines) is 1. The van der Waals surface area contributed by atoms with Crippen LogP contribution in [0.4, 0.5) is 0 Å². The predicted molar refractivity (Wildman–Crippen MR) is 88.7 cm³/mol. The number of aromatic nitrogens is 3. The van der Waals surface area contributed by atoms with Gasteiger partial charge in [-0.1, -0.05) is 5.16 Å². The van der Waals surface area contributed by atoms with Crippen LogP contribution >= 0.6 is 0 Å². The molecule has 0 aromatic carbocycles. The van der Waals surface area contributed by atoms with Crippen LogP contribution in [0.5, 0.6) is 5.88 Å². The standard InChI is InChI=1S/C18H24N4O2/c1-13-10-16(21-24-13)11-22-8-6-14(7-9-22)12-23-18-5-4-17(19-20-18)15-2-3-15/h4-5,10,14-15H,2-3,6-9,11-12H2,1H3. The van der Waals surface area contributed by atoms with Crippen molar-refractivity contribution in [1.29, 1.82) is 0 Å². The Balaban J connectivity index is 1.20. The third kappa shape index (κ3) is 3.93. The van der Waals surface area contributed by atoms with Gasteiger partial charge in [0.1, 0.15) is 5.76 Å². The monoisotopic (exact) mass is 328 g/mol. The molecule has 0 unspecified atom stereocenters. The number of piperidine rings is 1. The van der Waals surface area contributed by atoms with Crippen molar-refractivity contribution in [3.8, 4) is 5.88 Å². The van der Waals surface area contributed by atoms with Crippen LogP contribution in [0.2, 0.25) is 0 Å². The summed E-state index contributed by atoms with van der Waals surface area (Å²) >= 11 is 0. The first-order chi connectivity index (χ1) is 11.8. The van der Waals surface area contributed by atoms with Gasteiger partial charge in [0, 0.05) is 24.6 Å². The summed E-state index contributed by atoms with van der Waals surface area (Å²) in [6, 6.07) is 6.03. The lowest BCUT2D eigenvalue weighted by atomic mass is 9.98. The molecule has 128 valence electrons. The Bertz CT molecular complexity index is 658. The molecule has 2 aromatic rings. The molecule has 1 aliphatic carbocycles. The first-order valence-electron chi connectivity index (χ1n) is 8.87. The van der Waals surface area contributed by atoms with Crippen molar-refractivity contribution in [1.82, 2.24) is 20.3 Å². The van der Waals surface area contributed by atoms with Gasteiger partial charge in [-0.05, 0) is 57.7 Å². The lowest BCUT2D eigenvalue weighted by molar-refractivity contribution is 0.132. The molecule has 24 heavy (non-hydrogen) atoms. The molecule has 1 saturated heterocycles. The zero-order valence-corrected chi connectivity index (χ0v) is 14.1. The molecule has 1 aliphatic heterocycles. The van der Waals surface area contributed by atoms with Crippen LogP contribution in [0.1, 0.15) is 48.7 Å². The van der Waals surface area contributed by atoms with Crippen LogP contribution in [-0.2, 0) is 6.54 Å². The van der Waals surface area contributed by atoms with Crippen LogP contribution < -0.4 is 4.74 Å². The second-order valence-electron chi connectivity index (χ2n) is 7.03. The molecule has 6 nitrogen and oxygen atoms in total. The smallest absolute Gasteiger partial charge is 0.233 e. The molecule has 0 radical (unpaired) electrons. The van der Waals surface area contributed by atoms with Crippen molar-refractivity contribution in [2.45, 2.75) is 45.1 Å². The topological polar surface area (TPSA) is 64.3 Å². The quantitative estimate of drug-likeness (QED) is 0.812. The van der Waals surface area contributed by atoms with Gasteiger partial charge in [-0.2, -0.15) is 5.10 Å². The van der Waals surface area contributed by atoms with Gasteiger partial charge in [-0.25, -0.2) is 0 Å². The van der Waals surface area contributed by atoms with E-state index in [4.69, 9.17) is 9.26 Å². The van der Waals surface area contributed by atoms with Gasteiger partial charge in [0.15, 0.2) is 0 Å². The third-order valence-corrected chi connectivity index (χ3v) is 4.89. The van der Waals surface area contributed by atoms with Crippen molar-refractivity contribution in [2.75, 3.05) is 19.7 Å². The zero-order valence-electron chi connectivity index (χ0n) is 14.1. The minimum atomic E-state index is 0.588. The molecule has 0 bridgehead atoms. The SMILES string of the molecule is Cc1cc(CN2CCC(COc3ccc(C4CC4)nn3)CC2)no1. The second-order valence-corrected chi connectivity index (χ2v) is 7.03. The molecular weight excluding hydrogens is 304 g/mol. The summed E-state index contributed by atoms with van der Waals surface area (Å²) in [7, 11) is 0. The summed E-state index contributed by atoms with van der Waals surface area (Å²) in [5.41, 5.74) is 2.13. The maximum atomic E-state index is 5.84. The van der Waals surface area contributed by atoms with Gasteiger partial charge in [0.25, 0.3) is 0 Å². The minimum absolute atomic E-state index is 0.588. The lowest BCUT2D eigenvalue weighted by Gasteiger charge is -2.31. The zero-order chi connectivity index (χ0) is 16.4. The minimum Gasteiger partial charge on any atom is -0.476 e. The number of nitrogens with zero attached hydrogens (tertiary/aromatic N) is 4. The second kappa shape index (κ2) is 6.89. The molecule has 4 rings (SSSR count). The van der Waals surface area contributed by atoms with Gasteiger partial charge >= 0.3 is 0 Å². The van der Waals surface area contributed by atoms with Gasteiger partial charge < -0.3 is 9.26 Å². The first-order valence-corrected chi connectivity index (χ1v) is 8.87. The molecule has 0 amide bonds. The van der Waals surface area contributed by atoms with Gasteiger partial charge in [-0.3, -0.25) is 4.90 Å². The Morgan fingerprint density at radius 3 is 2.62 bits per heavy atom. The van der Waals surface area contributed by atoms with Crippen molar-refractivity contribution >= 4 is 0 Å². The maximum absolute atomic E-state index is 5.84. The Morgan fingerprint density at radius 1 is 1.17 bits per heavy atom. The maximum Gasteiger partial charge on any atom is 0.233 e. The number of ether oxygens (including phenoxy) is 1. The Hall–Kier alpha value is -1.95. The number of aryl methyl sites for hydroxylation is 1. The average molecular weight is 328 g/mol. The normalized spacial score (nSPS) is 19.5. The van der Waals surface area contributed by atoms with E-state index in [9.17, 15) is 0 Å². The summed E-state index contributed by atoms with van der Waals surface area (Å²) in [6.45, 7) is 5.69. The van der Waals surface area contributed by atoms with E-state index in [-0.39, 0.29) is 0 Å². The number of hydrogen-bond acceptors (Lipinski definition) is 6. The fourth-order valence-corrected chi connectivity index (χ4v) is 3.24. The van der Waals surface area contributed by atoms with Crippen LogP contribution in [0.3, 0.4) is 0 Å².